The Morgan fingerprint density at radius 2 is 1.92 bits per heavy atom. The van der Waals surface area contributed by atoms with E-state index in [2.05, 4.69) is 10.1 Å². The highest BCUT2D eigenvalue weighted by Gasteiger charge is 2.25. The van der Waals surface area contributed by atoms with Gasteiger partial charge >= 0.3 is 0 Å². The zero-order chi connectivity index (χ0) is 25.8. The molecule has 0 atom stereocenters. The molecule has 186 valence electrons. The lowest BCUT2D eigenvalue weighted by Crippen LogP contribution is -2.14. The lowest BCUT2D eigenvalue weighted by molar-refractivity contribution is 0.0984. The Kier molecular flexibility index (Phi) is 7.43. The zero-order valence-electron chi connectivity index (χ0n) is 20.3. The van der Waals surface area contributed by atoms with Crippen LogP contribution in [0, 0.1) is 11.6 Å². The fourth-order valence-corrected chi connectivity index (χ4v) is 4.28. The van der Waals surface area contributed by atoms with Crippen LogP contribution in [0.25, 0.3) is 10.9 Å². The number of hydrogen-bond acceptors (Lipinski definition) is 5. The fraction of sp³-hybridized carbons (Fsp3) is 0.250. The summed E-state index contributed by atoms with van der Waals surface area (Å²) in [5.41, 5.74) is 3.14. The molecule has 0 radical (unpaired) electrons. The number of nitrogens with zero attached hydrogens (tertiary/aromatic N) is 3. The third kappa shape index (κ3) is 5.27. The standard InChI is InChI=1S/C28H27F2N3O3/c1-17(2)36-21-9-10-22-25(15-21)33(16-20-6-4-5-13-31-20)28(18(3)32-35)27(22)26(34)12-8-19-7-11-23(29)24(30)14-19/h4-7,9-11,13-15,17,35H,8,12,16H2,1-3H3/b32-18-. The number of oxime groups is 1. The molecule has 36 heavy (non-hydrogen) atoms. The molecule has 0 aliphatic heterocycles. The molecule has 6 nitrogen and oxygen atoms in total. The van der Waals surface area contributed by atoms with E-state index in [-0.39, 0.29) is 30.4 Å². The minimum absolute atomic E-state index is 0.0425. The Morgan fingerprint density at radius 3 is 2.58 bits per heavy atom. The summed E-state index contributed by atoms with van der Waals surface area (Å²) in [5.74, 6) is -1.45. The third-order valence-corrected chi connectivity index (χ3v) is 5.85. The maximum absolute atomic E-state index is 13.7. The van der Waals surface area contributed by atoms with Crippen LogP contribution in [0.5, 0.6) is 5.75 Å². The Morgan fingerprint density at radius 1 is 1.11 bits per heavy atom. The molecule has 0 aliphatic rings. The zero-order valence-corrected chi connectivity index (χ0v) is 20.3. The minimum Gasteiger partial charge on any atom is -0.491 e. The highest BCUT2D eigenvalue weighted by Crippen LogP contribution is 2.32. The van der Waals surface area contributed by atoms with Gasteiger partial charge in [-0.1, -0.05) is 17.3 Å². The summed E-state index contributed by atoms with van der Waals surface area (Å²) in [6.07, 6.45) is 1.93. The van der Waals surface area contributed by atoms with E-state index >= 15 is 0 Å². The van der Waals surface area contributed by atoms with Crippen molar-refractivity contribution in [3.63, 3.8) is 0 Å². The van der Waals surface area contributed by atoms with Crippen LogP contribution in [0.2, 0.25) is 0 Å². The Hall–Kier alpha value is -4.07. The fourth-order valence-electron chi connectivity index (χ4n) is 4.28. The summed E-state index contributed by atoms with van der Waals surface area (Å²) in [5, 5.41) is 13.8. The van der Waals surface area contributed by atoms with Crippen LogP contribution < -0.4 is 4.74 Å². The van der Waals surface area contributed by atoms with Crippen molar-refractivity contribution in [3.05, 3.63) is 94.9 Å². The number of ether oxygens (including phenoxy) is 1. The number of ketones is 1. The van der Waals surface area contributed by atoms with E-state index < -0.39 is 11.6 Å². The van der Waals surface area contributed by atoms with Crippen LogP contribution in [0.4, 0.5) is 8.78 Å². The highest BCUT2D eigenvalue weighted by atomic mass is 19.2. The quantitative estimate of drug-likeness (QED) is 0.132. The van der Waals surface area contributed by atoms with Crippen molar-refractivity contribution in [1.82, 2.24) is 9.55 Å². The highest BCUT2D eigenvalue weighted by molar-refractivity contribution is 6.17. The first-order chi connectivity index (χ1) is 17.3. The van der Waals surface area contributed by atoms with E-state index in [0.29, 0.717) is 34.5 Å². The number of pyridine rings is 1. The van der Waals surface area contributed by atoms with Gasteiger partial charge in [-0.3, -0.25) is 9.78 Å². The van der Waals surface area contributed by atoms with Gasteiger partial charge in [0.05, 0.1) is 35.1 Å². The summed E-state index contributed by atoms with van der Waals surface area (Å²) >= 11 is 0. The Bertz CT molecular complexity index is 1430. The largest absolute Gasteiger partial charge is 0.491 e. The first-order valence-electron chi connectivity index (χ1n) is 11.7. The third-order valence-electron chi connectivity index (χ3n) is 5.85. The number of fused-ring (bicyclic) bond motifs is 1. The molecular formula is C28H27F2N3O3. The molecule has 0 unspecified atom stereocenters. The van der Waals surface area contributed by atoms with Gasteiger partial charge in [0.15, 0.2) is 17.4 Å². The SMILES string of the molecule is C/C(=N/O)c1c(C(=O)CCc2ccc(F)c(F)c2)c2ccc(OC(C)C)cc2n1Cc1ccccn1. The summed E-state index contributed by atoms with van der Waals surface area (Å²) in [6.45, 7) is 5.82. The average molecular weight is 492 g/mol. The molecule has 0 saturated heterocycles. The van der Waals surface area contributed by atoms with Crippen LogP contribution in [-0.4, -0.2) is 32.4 Å². The number of Topliss-reactive ketones (excluding diaryl/α,β-unsaturated/α-hetero) is 1. The number of rotatable bonds is 9. The van der Waals surface area contributed by atoms with Gasteiger partial charge in [-0.05, 0) is 69.2 Å². The smallest absolute Gasteiger partial charge is 0.166 e. The molecule has 4 aromatic rings. The predicted octanol–water partition coefficient (Wildman–Crippen LogP) is 6.16. The van der Waals surface area contributed by atoms with Gasteiger partial charge in [0, 0.05) is 24.1 Å². The molecule has 2 aromatic heterocycles. The molecule has 0 fully saturated rings. The number of hydrogen-bond donors (Lipinski definition) is 1. The van der Waals surface area contributed by atoms with Gasteiger partial charge in [0.25, 0.3) is 0 Å². The second kappa shape index (κ2) is 10.7. The van der Waals surface area contributed by atoms with Crippen LogP contribution in [-0.2, 0) is 13.0 Å². The van der Waals surface area contributed by atoms with Crippen molar-refractivity contribution in [2.45, 2.75) is 46.3 Å². The van der Waals surface area contributed by atoms with Crippen molar-refractivity contribution in [3.8, 4) is 5.75 Å². The van der Waals surface area contributed by atoms with Crippen molar-refractivity contribution >= 4 is 22.4 Å². The lowest BCUT2D eigenvalue weighted by Gasteiger charge is -2.12. The second-order valence-electron chi connectivity index (χ2n) is 8.83. The van der Waals surface area contributed by atoms with Crippen molar-refractivity contribution in [2.75, 3.05) is 0 Å². The Labute approximate surface area is 207 Å². The van der Waals surface area contributed by atoms with Gasteiger partial charge < -0.3 is 14.5 Å². The number of halogens is 2. The molecule has 0 saturated carbocycles. The van der Waals surface area contributed by atoms with Crippen molar-refractivity contribution in [2.24, 2.45) is 5.16 Å². The minimum atomic E-state index is -0.950. The number of carbonyl (C=O) groups is 1. The van der Waals surface area contributed by atoms with Crippen LogP contribution in [0.1, 0.15) is 54.5 Å². The van der Waals surface area contributed by atoms with Crippen LogP contribution in [0.3, 0.4) is 0 Å². The first-order valence-corrected chi connectivity index (χ1v) is 11.7. The van der Waals surface area contributed by atoms with Crippen molar-refractivity contribution in [1.29, 1.82) is 0 Å². The molecule has 8 heteroatoms. The number of aromatic nitrogens is 2. The molecule has 0 aliphatic carbocycles. The van der Waals surface area contributed by atoms with E-state index in [9.17, 15) is 18.8 Å². The molecule has 1 N–H and O–H groups in total. The molecule has 0 spiro atoms. The van der Waals surface area contributed by atoms with Gasteiger partial charge in [0.1, 0.15) is 11.5 Å². The van der Waals surface area contributed by atoms with E-state index in [1.165, 1.54) is 6.07 Å². The normalized spacial score (nSPS) is 11.9. The number of aryl methyl sites for hydroxylation is 1. The number of benzene rings is 2. The molecule has 0 amide bonds. The molecule has 2 aromatic carbocycles. The van der Waals surface area contributed by atoms with Gasteiger partial charge in [-0.15, -0.1) is 0 Å². The Balaban J connectivity index is 1.83. The van der Waals surface area contributed by atoms with E-state index in [0.717, 1.165) is 23.3 Å². The van der Waals surface area contributed by atoms with Gasteiger partial charge in [0.2, 0.25) is 0 Å². The van der Waals surface area contributed by atoms with E-state index in [1.54, 1.807) is 19.2 Å². The number of carbonyl (C=O) groups excluding carboxylic acids is 1. The molecule has 4 rings (SSSR count). The van der Waals surface area contributed by atoms with Crippen LogP contribution >= 0.6 is 0 Å². The molecular weight excluding hydrogens is 464 g/mol. The lowest BCUT2D eigenvalue weighted by atomic mass is 9.98. The molecule has 2 heterocycles. The second-order valence-corrected chi connectivity index (χ2v) is 8.83. The van der Waals surface area contributed by atoms with Gasteiger partial charge in [-0.2, -0.15) is 0 Å². The summed E-state index contributed by atoms with van der Waals surface area (Å²) in [6, 6.07) is 14.7. The van der Waals surface area contributed by atoms with Gasteiger partial charge in [-0.25, -0.2) is 8.78 Å². The molecule has 0 bridgehead atoms. The topological polar surface area (TPSA) is 76.7 Å². The van der Waals surface area contributed by atoms with E-state index in [4.69, 9.17) is 4.74 Å². The maximum Gasteiger partial charge on any atom is 0.166 e. The first kappa shape index (κ1) is 25.0. The monoisotopic (exact) mass is 491 g/mol. The summed E-state index contributed by atoms with van der Waals surface area (Å²) in [7, 11) is 0. The van der Waals surface area contributed by atoms with Crippen LogP contribution in [0.15, 0.2) is 65.9 Å². The predicted molar refractivity (Wildman–Crippen MR) is 134 cm³/mol. The maximum atomic E-state index is 13.7. The van der Waals surface area contributed by atoms with E-state index in [1.807, 2.05) is 48.7 Å². The average Bonchev–Trinajstić information content (AvgIpc) is 3.17. The van der Waals surface area contributed by atoms with Crippen molar-refractivity contribution < 1.29 is 23.5 Å². The summed E-state index contributed by atoms with van der Waals surface area (Å²) in [4.78, 5) is 18.0. The summed E-state index contributed by atoms with van der Waals surface area (Å²) < 4.78 is 34.8.